The van der Waals surface area contributed by atoms with Crippen molar-refractivity contribution in [3.63, 3.8) is 0 Å². The molecule has 0 aliphatic carbocycles. The van der Waals surface area contributed by atoms with Crippen molar-refractivity contribution in [2.24, 2.45) is 5.14 Å². The van der Waals surface area contributed by atoms with Crippen molar-refractivity contribution < 1.29 is 13.5 Å². The van der Waals surface area contributed by atoms with Gasteiger partial charge in [-0.3, -0.25) is 0 Å². The fraction of sp³-hybridized carbons (Fsp3) is 0.333. The minimum atomic E-state index is -3.39. The SMILES string of the molecule is NS(=O)(=O)CCNCc1ccc(O)cc1. The predicted octanol–water partition coefficient (Wildman–Crippen LogP) is -0.230. The lowest BCUT2D eigenvalue weighted by Gasteiger charge is -2.03. The lowest BCUT2D eigenvalue weighted by molar-refractivity contribution is 0.475. The molecule has 84 valence electrons. The van der Waals surface area contributed by atoms with Crippen LogP contribution >= 0.6 is 0 Å². The van der Waals surface area contributed by atoms with Crippen LogP contribution in [0.2, 0.25) is 0 Å². The van der Waals surface area contributed by atoms with Gasteiger partial charge in [0.15, 0.2) is 0 Å². The molecular weight excluding hydrogens is 216 g/mol. The van der Waals surface area contributed by atoms with Crippen LogP contribution in [-0.2, 0) is 16.6 Å². The Hall–Kier alpha value is -1.11. The summed E-state index contributed by atoms with van der Waals surface area (Å²) in [6.07, 6.45) is 0. The fourth-order valence-electron chi connectivity index (χ4n) is 1.06. The van der Waals surface area contributed by atoms with E-state index in [9.17, 15) is 8.42 Å². The minimum Gasteiger partial charge on any atom is -0.508 e. The Kier molecular flexibility index (Phi) is 4.07. The first-order valence-electron chi connectivity index (χ1n) is 4.46. The number of nitrogens with one attached hydrogen (secondary N) is 1. The molecule has 0 amide bonds. The lowest BCUT2D eigenvalue weighted by atomic mass is 10.2. The molecule has 0 saturated heterocycles. The van der Waals surface area contributed by atoms with Crippen LogP contribution in [0.3, 0.4) is 0 Å². The number of nitrogens with two attached hydrogens (primary N) is 1. The highest BCUT2D eigenvalue weighted by Crippen LogP contribution is 2.08. The Morgan fingerprint density at radius 2 is 1.87 bits per heavy atom. The van der Waals surface area contributed by atoms with Crippen LogP contribution in [0.4, 0.5) is 0 Å². The number of rotatable bonds is 5. The summed E-state index contributed by atoms with van der Waals surface area (Å²) in [5, 5.41) is 16.8. The van der Waals surface area contributed by atoms with Crippen molar-refractivity contribution in [1.82, 2.24) is 5.32 Å². The molecule has 0 aliphatic rings. The van der Waals surface area contributed by atoms with Gasteiger partial charge in [0.2, 0.25) is 10.0 Å². The van der Waals surface area contributed by atoms with E-state index in [2.05, 4.69) is 5.32 Å². The molecule has 0 radical (unpaired) electrons. The van der Waals surface area contributed by atoms with Crippen molar-refractivity contribution in [2.45, 2.75) is 6.54 Å². The van der Waals surface area contributed by atoms with Gasteiger partial charge in [-0.1, -0.05) is 12.1 Å². The van der Waals surface area contributed by atoms with Gasteiger partial charge in [0.1, 0.15) is 5.75 Å². The number of benzene rings is 1. The van der Waals surface area contributed by atoms with E-state index >= 15 is 0 Å². The molecule has 0 spiro atoms. The number of phenols is 1. The normalized spacial score (nSPS) is 11.5. The van der Waals surface area contributed by atoms with Crippen LogP contribution in [0.25, 0.3) is 0 Å². The van der Waals surface area contributed by atoms with E-state index in [4.69, 9.17) is 10.2 Å². The first-order valence-corrected chi connectivity index (χ1v) is 6.18. The van der Waals surface area contributed by atoms with E-state index in [1.807, 2.05) is 0 Å². The largest absolute Gasteiger partial charge is 0.508 e. The van der Waals surface area contributed by atoms with Gasteiger partial charge in [0.05, 0.1) is 5.75 Å². The van der Waals surface area contributed by atoms with Gasteiger partial charge < -0.3 is 10.4 Å². The number of phenolic OH excluding ortho intramolecular Hbond substituents is 1. The van der Waals surface area contributed by atoms with Crippen molar-refractivity contribution in [3.05, 3.63) is 29.8 Å². The van der Waals surface area contributed by atoms with Gasteiger partial charge in [0.25, 0.3) is 0 Å². The van der Waals surface area contributed by atoms with E-state index in [0.29, 0.717) is 13.1 Å². The minimum absolute atomic E-state index is 0.0783. The predicted molar refractivity (Wildman–Crippen MR) is 57.8 cm³/mol. The van der Waals surface area contributed by atoms with Gasteiger partial charge in [-0.15, -0.1) is 0 Å². The first kappa shape index (κ1) is 12.0. The highest BCUT2D eigenvalue weighted by molar-refractivity contribution is 7.89. The Bertz CT molecular complexity index is 400. The Morgan fingerprint density at radius 1 is 1.27 bits per heavy atom. The van der Waals surface area contributed by atoms with Gasteiger partial charge >= 0.3 is 0 Å². The van der Waals surface area contributed by atoms with Crippen molar-refractivity contribution in [1.29, 1.82) is 0 Å². The van der Waals surface area contributed by atoms with Crippen molar-refractivity contribution >= 4 is 10.0 Å². The van der Waals surface area contributed by atoms with E-state index < -0.39 is 10.0 Å². The molecule has 5 nitrogen and oxygen atoms in total. The van der Waals surface area contributed by atoms with Crippen molar-refractivity contribution in [2.75, 3.05) is 12.3 Å². The maximum atomic E-state index is 10.6. The van der Waals surface area contributed by atoms with Gasteiger partial charge in [-0.25, -0.2) is 13.6 Å². The molecule has 0 atom stereocenters. The Balaban J connectivity index is 2.29. The van der Waals surface area contributed by atoms with E-state index in [1.54, 1.807) is 24.3 Å². The fourth-order valence-corrected chi connectivity index (χ4v) is 1.49. The second-order valence-electron chi connectivity index (χ2n) is 3.21. The molecule has 0 unspecified atom stereocenters. The van der Waals surface area contributed by atoms with Crippen LogP contribution in [-0.4, -0.2) is 25.8 Å². The molecule has 6 heteroatoms. The molecule has 0 heterocycles. The maximum Gasteiger partial charge on any atom is 0.210 e. The molecule has 15 heavy (non-hydrogen) atoms. The van der Waals surface area contributed by atoms with Crippen LogP contribution in [0, 0.1) is 0 Å². The molecule has 0 fully saturated rings. The number of sulfonamides is 1. The molecule has 1 aromatic carbocycles. The molecule has 4 N–H and O–H groups in total. The number of hydrogen-bond acceptors (Lipinski definition) is 4. The topological polar surface area (TPSA) is 92.4 Å². The van der Waals surface area contributed by atoms with Gasteiger partial charge in [-0.05, 0) is 17.7 Å². The van der Waals surface area contributed by atoms with E-state index in [0.717, 1.165) is 5.56 Å². The summed E-state index contributed by atoms with van der Waals surface area (Å²) in [5.74, 6) is 0.133. The Morgan fingerprint density at radius 3 is 2.40 bits per heavy atom. The zero-order valence-electron chi connectivity index (χ0n) is 8.18. The van der Waals surface area contributed by atoms with Gasteiger partial charge in [-0.2, -0.15) is 0 Å². The third kappa shape index (κ3) is 5.36. The highest BCUT2D eigenvalue weighted by Gasteiger charge is 2.01. The standard InChI is InChI=1S/C9H14N2O3S/c10-15(13,14)6-5-11-7-8-1-3-9(12)4-2-8/h1-4,11-12H,5-7H2,(H2,10,13,14). The molecular formula is C9H14N2O3S. The zero-order chi connectivity index (χ0) is 11.3. The molecule has 0 saturated carbocycles. The molecule has 1 aromatic rings. The van der Waals surface area contributed by atoms with Crippen LogP contribution < -0.4 is 10.5 Å². The van der Waals surface area contributed by atoms with Crippen LogP contribution in [0.5, 0.6) is 5.75 Å². The third-order valence-corrected chi connectivity index (χ3v) is 2.60. The van der Waals surface area contributed by atoms with E-state index in [1.165, 1.54) is 0 Å². The highest BCUT2D eigenvalue weighted by atomic mass is 32.2. The van der Waals surface area contributed by atoms with Crippen LogP contribution in [0.15, 0.2) is 24.3 Å². The van der Waals surface area contributed by atoms with Crippen LogP contribution in [0.1, 0.15) is 5.56 Å². The second kappa shape index (κ2) is 5.11. The third-order valence-electron chi connectivity index (χ3n) is 1.83. The molecule has 0 aromatic heterocycles. The van der Waals surface area contributed by atoms with Crippen molar-refractivity contribution in [3.8, 4) is 5.75 Å². The summed E-state index contributed by atoms with van der Waals surface area (Å²) >= 11 is 0. The van der Waals surface area contributed by atoms with E-state index in [-0.39, 0.29) is 11.5 Å². The second-order valence-corrected chi connectivity index (χ2v) is 4.94. The van der Waals surface area contributed by atoms with Gasteiger partial charge in [0, 0.05) is 13.1 Å². The summed E-state index contributed by atoms with van der Waals surface area (Å²) in [4.78, 5) is 0. The smallest absolute Gasteiger partial charge is 0.210 e. The Labute approximate surface area is 89.0 Å². The average Bonchev–Trinajstić information content (AvgIpc) is 2.14. The monoisotopic (exact) mass is 230 g/mol. The number of aromatic hydroxyl groups is 1. The number of primary sulfonamides is 1. The molecule has 1 rings (SSSR count). The number of hydrogen-bond donors (Lipinski definition) is 3. The first-order chi connectivity index (χ1) is 6.97. The quantitative estimate of drug-likeness (QED) is 0.609. The summed E-state index contributed by atoms with van der Waals surface area (Å²) in [5.41, 5.74) is 0.974. The lowest BCUT2D eigenvalue weighted by Crippen LogP contribution is -2.26. The zero-order valence-corrected chi connectivity index (χ0v) is 9.00. The molecule has 0 aliphatic heterocycles. The molecule has 0 bridgehead atoms. The summed E-state index contributed by atoms with van der Waals surface area (Å²) in [7, 11) is -3.39. The summed E-state index contributed by atoms with van der Waals surface area (Å²) in [6.45, 7) is 0.871. The average molecular weight is 230 g/mol. The maximum absolute atomic E-state index is 10.6. The summed E-state index contributed by atoms with van der Waals surface area (Å²) in [6, 6.07) is 6.69. The summed E-state index contributed by atoms with van der Waals surface area (Å²) < 4.78 is 21.2.